The van der Waals surface area contributed by atoms with Gasteiger partial charge >= 0.3 is 42.0 Å². The fraction of sp³-hybridized carbons (Fsp3) is 0.513. The van der Waals surface area contributed by atoms with Gasteiger partial charge in [0.05, 0.1) is 0 Å². The maximum absolute atomic E-state index is 13.3. The number of nitrogens with one attached hydrogen (secondary N) is 2. The van der Waals surface area contributed by atoms with Crippen LogP contribution in [0.2, 0.25) is 0 Å². The van der Waals surface area contributed by atoms with Crippen molar-refractivity contribution in [3.63, 3.8) is 0 Å². The molecular weight excluding hydrogens is 736 g/mol. The molecule has 1 saturated carbocycles. The van der Waals surface area contributed by atoms with Crippen LogP contribution < -0.4 is 10.6 Å². The minimum Gasteiger partial charge on any atom is -0.493 e. The molecule has 1 rings (SSSR count). The largest absolute Gasteiger partial charge is 0.493 e. The van der Waals surface area contributed by atoms with E-state index in [1.807, 2.05) is 20.8 Å². The number of allylic oxidation sites excluding steroid dienone is 1. The molecule has 0 bridgehead atoms. The van der Waals surface area contributed by atoms with Crippen LogP contribution >= 0.6 is 0 Å². The predicted molar refractivity (Wildman–Crippen MR) is 200 cm³/mol. The zero-order valence-electron chi connectivity index (χ0n) is 32.6. The Labute approximate surface area is 327 Å². The van der Waals surface area contributed by atoms with Crippen molar-refractivity contribution in [3.8, 4) is 0 Å². The molecule has 56 heavy (non-hydrogen) atoms. The lowest BCUT2D eigenvalue weighted by Gasteiger charge is -2.50. The highest BCUT2D eigenvalue weighted by molar-refractivity contribution is 5.82. The summed E-state index contributed by atoms with van der Waals surface area (Å²) in [6, 6.07) is -0.359. The van der Waals surface area contributed by atoms with Crippen LogP contribution in [0.5, 0.6) is 0 Å². The number of ether oxygens (including phenoxy) is 8. The van der Waals surface area contributed by atoms with Gasteiger partial charge in [-0.2, -0.15) is 0 Å². The Kier molecular flexibility index (Phi) is 19.3. The first-order valence-corrected chi connectivity index (χ1v) is 17.4. The fourth-order valence-corrected chi connectivity index (χ4v) is 5.26. The van der Waals surface area contributed by atoms with Crippen molar-refractivity contribution in [1.82, 2.24) is 10.6 Å². The normalized spacial score (nSPS) is 18.0. The second kappa shape index (κ2) is 22.5. The Bertz CT molecular complexity index is 1430. The molecule has 3 atom stereocenters. The third-order valence-electron chi connectivity index (χ3n) is 9.19. The van der Waals surface area contributed by atoms with E-state index in [1.54, 1.807) is 0 Å². The van der Waals surface area contributed by atoms with Gasteiger partial charge < -0.3 is 48.5 Å². The van der Waals surface area contributed by atoms with Crippen LogP contribution in [0.4, 0.5) is 9.59 Å². The average Bonchev–Trinajstić information content (AvgIpc) is 3.17. The second-order valence-electron chi connectivity index (χ2n) is 14.0. The fourth-order valence-electron chi connectivity index (χ4n) is 5.26. The summed E-state index contributed by atoms with van der Waals surface area (Å²) < 4.78 is 42.5. The third-order valence-corrected chi connectivity index (χ3v) is 9.19. The van der Waals surface area contributed by atoms with Gasteiger partial charge in [-0.25, -0.2) is 28.8 Å². The summed E-state index contributed by atoms with van der Waals surface area (Å²) in [5, 5.41) is 5.57. The van der Waals surface area contributed by atoms with Crippen molar-refractivity contribution in [2.24, 2.45) is 16.2 Å². The molecule has 2 amide bonds. The Morgan fingerprint density at radius 2 is 1.09 bits per heavy atom. The molecule has 1 aliphatic carbocycles. The first-order chi connectivity index (χ1) is 26.2. The molecule has 1 fully saturated rings. The molecule has 17 nitrogen and oxygen atoms in total. The number of carbonyl (C=O) groups excluding carboxylic acids is 7. The number of hydrogen-bond donors (Lipinski definition) is 2. The third kappa shape index (κ3) is 16.2. The first kappa shape index (κ1) is 48.1. The topological polar surface area (TPSA) is 217 Å². The molecule has 0 radical (unpaired) electrons. The molecule has 0 aromatic heterocycles. The van der Waals surface area contributed by atoms with E-state index in [4.69, 9.17) is 37.9 Å². The lowest BCUT2D eigenvalue weighted by atomic mass is 9.57. The zero-order chi connectivity index (χ0) is 42.6. The summed E-state index contributed by atoms with van der Waals surface area (Å²) in [6.07, 6.45) is 4.54. The number of esters is 5. The highest BCUT2D eigenvalue weighted by Gasteiger charge is 2.47. The molecule has 0 aromatic carbocycles. The van der Waals surface area contributed by atoms with Gasteiger partial charge in [0.15, 0.2) is 0 Å². The Morgan fingerprint density at radius 1 is 0.643 bits per heavy atom. The first-order valence-electron chi connectivity index (χ1n) is 17.4. The smallest absolute Gasteiger partial charge is 0.408 e. The molecule has 2 N–H and O–H groups in total. The Morgan fingerprint density at radius 3 is 1.54 bits per heavy atom. The summed E-state index contributed by atoms with van der Waals surface area (Å²) in [5.74, 6) is -3.84. The van der Waals surface area contributed by atoms with Crippen LogP contribution in [-0.4, -0.2) is 106 Å². The van der Waals surface area contributed by atoms with Crippen LogP contribution in [0.3, 0.4) is 0 Å². The minimum atomic E-state index is -1.96. The average molecular weight is 791 g/mol. The SMILES string of the molecule is C=CC(=C)OCC(COC(C)=O)(COC(=O)C=C)COC(=O)NC1CCC(C)(CNC(=O)OC(COC(=O)C=C)(COC(=O)C=C)COC(=O)C=C)C(C)(C)C1. The highest BCUT2D eigenvalue weighted by atomic mass is 16.6. The van der Waals surface area contributed by atoms with Crippen LogP contribution in [0.25, 0.3) is 0 Å². The number of amides is 2. The van der Waals surface area contributed by atoms with Crippen molar-refractivity contribution in [2.75, 3.05) is 52.8 Å². The predicted octanol–water partition coefficient (Wildman–Crippen LogP) is 3.95. The van der Waals surface area contributed by atoms with Gasteiger partial charge in [-0.15, -0.1) is 0 Å². The number of hydrogen-bond acceptors (Lipinski definition) is 15. The van der Waals surface area contributed by atoms with Crippen LogP contribution in [0, 0.1) is 16.2 Å². The molecule has 0 aromatic rings. The van der Waals surface area contributed by atoms with E-state index in [2.05, 4.69) is 50.1 Å². The van der Waals surface area contributed by atoms with Gasteiger partial charge in [-0.3, -0.25) is 4.79 Å². The molecule has 3 unspecified atom stereocenters. The van der Waals surface area contributed by atoms with E-state index >= 15 is 0 Å². The van der Waals surface area contributed by atoms with Gasteiger partial charge in [0.1, 0.15) is 57.4 Å². The number of carbonyl (C=O) groups is 7. The summed E-state index contributed by atoms with van der Waals surface area (Å²) >= 11 is 0. The molecule has 0 heterocycles. The monoisotopic (exact) mass is 790 g/mol. The molecule has 0 spiro atoms. The summed E-state index contributed by atoms with van der Waals surface area (Å²) in [4.78, 5) is 85.7. The van der Waals surface area contributed by atoms with Gasteiger partial charge in [0.25, 0.3) is 0 Å². The van der Waals surface area contributed by atoms with Gasteiger partial charge in [-0.05, 0) is 36.2 Å². The van der Waals surface area contributed by atoms with E-state index < -0.39 is 83.7 Å². The number of rotatable bonds is 24. The molecular formula is C39H54N2O15. The van der Waals surface area contributed by atoms with Crippen molar-refractivity contribution < 1.29 is 71.5 Å². The van der Waals surface area contributed by atoms with Gasteiger partial charge in [0.2, 0.25) is 5.60 Å². The van der Waals surface area contributed by atoms with Crippen molar-refractivity contribution in [1.29, 1.82) is 0 Å². The molecule has 310 valence electrons. The lowest BCUT2D eigenvalue weighted by Crippen LogP contribution is -2.55. The molecule has 0 saturated heterocycles. The van der Waals surface area contributed by atoms with Crippen molar-refractivity contribution >= 4 is 42.0 Å². The standard InChI is InChI=1S/C39H54N2O15/c1-11-27(6)49-20-38(21-50-28(7)42,22-51-30(43)12-2)23-55-35(48)41-29-16-17-37(10,36(8,9)18-29)19-40-34(47)56-39(24-52-31(44)13-3,25-53-32(45)14-4)26-54-33(46)15-5/h11-15,29H,1-6,16-26H2,7-10H3,(H,40,47)(H,41,48). The maximum Gasteiger partial charge on any atom is 0.408 e. The summed E-state index contributed by atoms with van der Waals surface area (Å²) in [7, 11) is 0. The van der Waals surface area contributed by atoms with Crippen LogP contribution in [0.1, 0.15) is 47.0 Å². The van der Waals surface area contributed by atoms with E-state index in [0.717, 1.165) is 24.3 Å². The quantitative estimate of drug-likeness (QED) is 0.0465. The van der Waals surface area contributed by atoms with Crippen LogP contribution in [-0.2, 0) is 61.9 Å². The highest BCUT2D eigenvalue weighted by Crippen LogP contribution is 2.49. The Balaban J connectivity index is 3.08. The second-order valence-corrected chi connectivity index (χ2v) is 14.0. The molecule has 1 aliphatic rings. The minimum absolute atomic E-state index is 0.0789. The van der Waals surface area contributed by atoms with E-state index in [-0.39, 0.29) is 44.8 Å². The van der Waals surface area contributed by atoms with Crippen LogP contribution in [0.15, 0.2) is 75.6 Å². The number of alkyl carbamates (subject to hydrolysis) is 2. The van der Waals surface area contributed by atoms with Gasteiger partial charge in [-0.1, -0.05) is 60.2 Å². The molecule has 17 heteroatoms. The van der Waals surface area contributed by atoms with Crippen molar-refractivity contribution in [3.05, 3.63) is 75.6 Å². The van der Waals surface area contributed by atoms with Gasteiger partial charge in [0, 0.05) is 43.8 Å². The van der Waals surface area contributed by atoms with E-state index in [1.165, 1.54) is 13.0 Å². The molecule has 0 aliphatic heterocycles. The van der Waals surface area contributed by atoms with E-state index in [9.17, 15) is 33.6 Å². The maximum atomic E-state index is 13.3. The van der Waals surface area contributed by atoms with Crippen molar-refractivity contribution in [2.45, 2.75) is 58.6 Å². The Hall–Kier alpha value is -5.87. The summed E-state index contributed by atoms with van der Waals surface area (Å²) in [6.45, 7) is 24.4. The zero-order valence-corrected chi connectivity index (χ0v) is 32.6. The van der Waals surface area contributed by atoms with E-state index in [0.29, 0.717) is 19.3 Å². The summed E-state index contributed by atoms with van der Waals surface area (Å²) in [5.41, 5.74) is -4.35. The lowest BCUT2D eigenvalue weighted by molar-refractivity contribution is -0.170.